The van der Waals surface area contributed by atoms with Crippen LogP contribution in [0.15, 0.2) is 18.2 Å². The van der Waals surface area contributed by atoms with Crippen molar-refractivity contribution in [1.82, 2.24) is 0 Å². The van der Waals surface area contributed by atoms with E-state index in [-0.39, 0.29) is 16.2 Å². The Morgan fingerprint density at radius 2 is 1.57 bits per heavy atom. The van der Waals surface area contributed by atoms with Crippen LogP contribution in [0.3, 0.4) is 0 Å². The minimum absolute atomic E-state index is 0.0364. The van der Waals surface area contributed by atoms with E-state index in [0.29, 0.717) is 5.69 Å². The molecule has 0 unspecified atom stereocenters. The molecule has 1 saturated carbocycles. The SMILES string of the molecule is CC(C)(C)c1ccc(N)c(C2(C(=O)O)C(C)(C)C2(C)C)c1. The first-order valence-corrected chi connectivity index (χ1v) is 7.45. The zero-order valence-corrected chi connectivity index (χ0v) is 14.2. The monoisotopic (exact) mass is 289 g/mol. The third-order valence-electron chi connectivity index (χ3n) is 6.02. The number of anilines is 1. The fourth-order valence-corrected chi connectivity index (χ4v) is 3.98. The maximum atomic E-state index is 12.2. The minimum Gasteiger partial charge on any atom is -0.481 e. The standard InChI is InChI=1S/C18H27NO2/c1-15(2,3)11-8-9-13(19)12(10-11)18(14(20)21)16(4,5)17(18,6)7/h8-10H,19H2,1-7H3,(H,20,21). The summed E-state index contributed by atoms with van der Waals surface area (Å²) in [6.07, 6.45) is 0. The Hall–Kier alpha value is -1.51. The van der Waals surface area contributed by atoms with Gasteiger partial charge in [0.15, 0.2) is 0 Å². The van der Waals surface area contributed by atoms with Crippen LogP contribution in [0.25, 0.3) is 0 Å². The van der Waals surface area contributed by atoms with E-state index >= 15 is 0 Å². The number of hydrogen-bond acceptors (Lipinski definition) is 2. The second-order valence-electron chi connectivity index (χ2n) is 8.36. The summed E-state index contributed by atoms with van der Waals surface area (Å²) in [5, 5.41) is 9.99. The highest BCUT2D eigenvalue weighted by Crippen LogP contribution is 2.78. The lowest BCUT2D eigenvalue weighted by molar-refractivity contribution is -0.141. The Bertz CT molecular complexity index is 592. The molecular weight excluding hydrogens is 262 g/mol. The molecule has 0 aromatic heterocycles. The molecule has 2 rings (SSSR count). The molecule has 0 spiro atoms. The first kappa shape index (κ1) is 15.9. The normalized spacial score (nSPS) is 21.9. The fraction of sp³-hybridized carbons (Fsp3) is 0.611. The van der Waals surface area contributed by atoms with Crippen LogP contribution in [-0.2, 0) is 15.6 Å². The van der Waals surface area contributed by atoms with Gasteiger partial charge in [-0.05, 0) is 33.4 Å². The van der Waals surface area contributed by atoms with Crippen LogP contribution < -0.4 is 5.73 Å². The van der Waals surface area contributed by atoms with E-state index in [1.807, 2.05) is 45.9 Å². The van der Waals surface area contributed by atoms with Gasteiger partial charge in [-0.3, -0.25) is 4.79 Å². The molecule has 0 amide bonds. The predicted octanol–water partition coefficient (Wildman–Crippen LogP) is 3.95. The summed E-state index contributed by atoms with van der Waals surface area (Å²) in [5.74, 6) is -0.782. The van der Waals surface area contributed by atoms with Gasteiger partial charge in [0.05, 0.1) is 0 Å². The lowest BCUT2D eigenvalue weighted by Crippen LogP contribution is -2.29. The molecule has 116 valence electrons. The first-order valence-electron chi connectivity index (χ1n) is 7.45. The molecule has 1 aromatic carbocycles. The van der Waals surface area contributed by atoms with Crippen molar-refractivity contribution in [2.45, 2.75) is 59.3 Å². The van der Waals surface area contributed by atoms with Crippen LogP contribution in [0.5, 0.6) is 0 Å². The molecule has 21 heavy (non-hydrogen) atoms. The second-order valence-corrected chi connectivity index (χ2v) is 8.36. The van der Waals surface area contributed by atoms with E-state index in [4.69, 9.17) is 5.73 Å². The Morgan fingerprint density at radius 3 is 1.90 bits per heavy atom. The summed E-state index contributed by atoms with van der Waals surface area (Å²) >= 11 is 0. The number of nitrogen functional groups attached to an aromatic ring is 1. The van der Waals surface area contributed by atoms with Crippen LogP contribution >= 0.6 is 0 Å². The quantitative estimate of drug-likeness (QED) is 0.810. The Kier molecular flexibility index (Phi) is 3.04. The molecule has 0 bridgehead atoms. The molecule has 0 heterocycles. The fourth-order valence-electron chi connectivity index (χ4n) is 3.98. The molecule has 1 aromatic rings. The summed E-state index contributed by atoms with van der Waals surface area (Å²) in [7, 11) is 0. The van der Waals surface area contributed by atoms with E-state index in [0.717, 1.165) is 11.1 Å². The number of carboxylic acids is 1. The first-order chi connectivity index (χ1) is 9.31. The second kappa shape index (κ2) is 4.02. The topological polar surface area (TPSA) is 63.3 Å². The molecule has 0 radical (unpaired) electrons. The van der Waals surface area contributed by atoms with Gasteiger partial charge >= 0.3 is 5.97 Å². The van der Waals surface area contributed by atoms with Crippen LogP contribution in [0, 0.1) is 10.8 Å². The number of carbonyl (C=O) groups is 1. The lowest BCUT2D eigenvalue weighted by atomic mass is 9.79. The van der Waals surface area contributed by atoms with E-state index < -0.39 is 11.4 Å². The van der Waals surface area contributed by atoms with Gasteiger partial charge in [-0.1, -0.05) is 60.6 Å². The van der Waals surface area contributed by atoms with Gasteiger partial charge in [0.1, 0.15) is 5.41 Å². The van der Waals surface area contributed by atoms with Crippen molar-refractivity contribution >= 4 is 11.7 Å². The summed E-state index contributed by atoms with van der Waals surface area (Å²) in [5.41, 5.74) is 6.99. The van der Waals surface area contributed by atoms with E-state index in [1.54, 1.807) is 0 Å². The van der Waals surface area contributed by atoms with Crippen LogP contribution in [0.2, 0.25) is 0 Å². The van der Waals surface area contributed by atoms with Crippen LogP contribution in [0.1, 0.15) is 59.6 Å². The summed E-state index contributed by atoms with van der Waals surface area (Å²) in [6, 6.07) is 5.85. The van der Waals surface area contributed by atoms with Crippen molar-refractivity contribution in [1.29, 1.82) is 0 Å². The lowest BCUT2D eigenvalue weighted by Gasteiger charge is -2.25. The van der Waals surface area contributed by atoms with Gasteiger partial charge in [0.25, 0.3) is 0 Å². The Labute approximate surface area is 127 Å². The van der Waals surface area contributed by atoms with Crippen LogP contribution in [-0.4, -0.2) is 11.1 Å². The highest BCUT2D eigenvalue weighted by Gasteiger charge is 2.82. The average Bonchev–Trinajstić information content (AvgIpc) is 2.65. The van der Waals surface area contributed by atoms with Gasteiger partial charge in [-0.15, -0.1) is 0 Å². The number of hydrogen-bond donors (Lipinski definition) is 2. The summed E-state index contributed by atoms with van der Waals surface area (Å²) < 4.78 is 0. The van der Waals surface area contributed by atoms with Crippen molar-refractivity contribution in [3.8, 4) is 0 Å². The molecule has 3 N–H and O–H groups in total. The third kappa shape index (κ3) is 1.69. The third-order valence-corrected chi connectivity index (χ3v) is 6.02. The van der Waals surface area contributed by atoms with E-state index in [9.17, 15) is 9.90 Å². The minimum atomic E-state index is -0.925. The number of aliphatic carboxylic acids is 1. The number of rotatable bonds is 2. The summed E-state index contributed by atoms with van der Waals surface area (Å²) in [4.78, 5) is 12.2. The Balaban J connectivity index is 2.74. The van der Waals surface area contributed by atoms with Crippen molar-refractivity contribution in [2.75, 3.05) is 5.73 Å². The Morgan fingerprint density at radius 1 is 1.10 bits per heavy atom. The smallest absolute Gasteiger partial charge is 0.315 e. The predicted molar refractivity (Wildman–Crippen MR) is 86.4 cm³/mol. The zero-order valence-electron chi connectivity index (χ0n) is 14.2. The van der Waals surface area contributed by atoms with Gasteiger partial charge in [0.2, 0.25) is 0 Å². The molecule has 3 heteroatoms. The van der Waals surface area contributed by atoms with Crippen molar-refractivity contribution in [2.24, 2.45) is 10.8 Å². The van der Waals surface area contributed by atoms with Gasteiger partial charge < -0.3 is 10.8 Å². The van der Waals surface area contributed by atoms with Gasteiger partial charge in [-0.25, -0.2) is 0 Å². The van der Waals surface area contributed by atoms with E-state index in [2.05, 4.69) is 20.8 Å². The van der Waals surface area contributed by atoms with Crippen LogP contribution in [0.4, 0.5) is 5.69 Å². The highest BCUT2D eigenvalue weighted by atomic mass is 16.4. The molecule has 1 aliphatic rings. The van der Waals surface area contributed by atoms with Gasteiger partial charge in [0, 0.05) is 5.69 Å². The highest BCUT2D eigenvalue weighted by molar-refractivity contribution is 5.91. The van der Waals surface area contributed by atoms with E-state index in [1.165, 1.54) is 0 Å². The molecule has 1 aliphatic carbocycles. The molecule has 0 aliphatic heterocycles. The maximum Gasteiger partial charge on any atom is 0.315 e. The molecular formula is C18H27NO2. The summed E-state index contributed by atoms with van der Waals surface area (Å²) in [6.45, 7) is 14.4. The average molecular weight is 289 g/mol. The van der Waals surface area contributed by atoms with Gasteiger partial charge in [-0.2, -0.15) is 0 Å². The van der Waals surface area contributed by atoms with Crippen molar-refractivity contribution < 1.29 is 9.90 Å². The molecule has 1 fully saturated rings. The largest absolute Gasteiger partial charge is 0.481 e. The number of nitrogens with two attached hydrogens (primary N) is 1. The molecule has 3 nitrogen and oxygen atoms in total. The molecule has 0 saturated heterocycles. The number of benzene rings is 1. The van der Waals surface area contributed by atoms with Crippen molar-refractivity contribution in [3.63, 3.8) is 0 Å². The number of carboxylic acid groups (broad SMARTS) is 1. The van der Waals surface area contributed by atoms with Crippen molar-refractivity contribution in [3.05, 3.63) is 29.3 Å². The maximum absolute atomic E-state index is 12.2. The molecule has 0 atom stereocenters. The zero-order chi connectivity index (χ0) is 16.4.